The summed E-state index contributed by atoms with van der Waals surface area (Å²) in [5.74, 6) is 1.65. The topological polar surface area (TPSA) is 43.2 Å². The highest BCUT2D eigenvalue weighted by Crippen LogP contribution is 2.40. The lowest BCUT2D eigenvalue weighted by Gasteiger charge is -2.06. The molecule has 4 nitrogen and oxygen atoms in total. The van der Waals surface area contributed by atoms with E-state index in [1.807, 2.05) is 42.5 Å². The first-order valence-electron chi connectivity index (χ1n) is 8.80. The molecule has 0 heterocycles. The van der Waals surface area contributed by atoms with Gasteiger partial charge in [0.1, 0.15) is 11.5 Å². The van der Waals surface area contributed by atoms with Gasteiger partial charge < -0.3 is 9.47 Å². The van der Waals surface area contributed by atoms with Crippen molar-refractivity contribution < 1.29 is 9.47 Å². The van der Waals surface area contributed by atoms with Crippen LogP contribution in [-0.2, 0) is 6.42 Å². The Morgan fingerprint density at radius 1 is 0.704 bits per heavy atom. The maximum atomic E-state index is 5.28. The van der Waals surface area contributed by atoms with Crippen LogP contribution in [0.5, 0.6) is 11.5 Å². The first-order valence-corrected chi connectivity index (χ1v) is 8.80. The van der Waals surface area contributed by atoms with Crippen LogP contribution >= 0.6 is 0 Å². The Bertz CT molecular complexity index is 1000. The Morgan fingerprint density at radius 2 is 1.33 bits per heavy atom. The van der Waals surface area contributed by atoms with Gasteiger partial charge in [-0.1, -0.05) is 36.4 Å². The first-order chi connectivity index (χ1) is 13.3. The van der Waals surface area contributed by atoms with Crippen molar-refractivity contribution in [2.75, 3.05) is 14.2 Å². The van der Waals surface area contributed by atoms with Crippen LogP contribution in [0.1, 0.15) is 16.7 Å². The standard InChI is InChI=1S/C23H20N2O2/c1-26-19-11-7-16(8-12-19)22-15-17-5-3-4-6-21(17)23(22)25-24-18-9-13-20(27-2)14-10-18/h3-14H,15H2,1-2H3. The normalized spacial score (nSPS) is 13.1. The van der Waals surface area contributed by atoms with Crippen molar-refractivity contribution in [1.29, 1.82) is 0 Å². The SMILES string of the molecule is COc1ccc(N=NC2=C(c3ccc(OC)cc3)Cc3ccccc32)cc1. The average Bonchev–Trinajstić information content (AvgIpc) is 3.11. The quantitative estimate of drug-likeness (QED) is 0.533. The molecular weight excluding hydrogens is 336 g/mol. The monoisotopic (exact) mass is 356 g/mol. The van der Waals surface area contributed by atoms with E-state index in [-0.39, 0.29) is 0 Å². The third kappa shape index (κ3) is 3.47. The molecule has 134 valence electrons. The molecule has 0 radical (unpaired) electrons. The van der Waals surface area contributed by atoms with Crippen molar-refractivity contribution in [3.8, 4) is 11.5 Å². The van der Waals surface area contributed by atoms with Gasteiger partial charge in [-0.05, 0) is 53.1 Å². The Labute approximate surface area is 158 Å². The van der Waals surface area contributed by atoms with E-state index >= 15 is 0 Å². The molecule has 0 atom stereocenters. The van der Waals surface area contributed by atoms with E-state index in [0.29, 0.717) is 0 Å². The first kappa shape index (κ1) is 17.0. The second-order valence-electron chi connectivity index (χ2n) is 6.29. The fourth-order valence-corrected chi connectivity index (χ4v) is 3.24. The summed E-state index contributed by atoms with van der Waals surface area (Å²) in [6.45, 7) is 0. The summed E-state index contributed by atoms with van der Waals surface area (Å²) in [7, 11) is 3.33. The van der Waals surface area contributed by atoms with Crippen LogP contribution in [0.4, 0.5) is 5.69 Å². The van der Waals surface area contributed by atoms with Crippen LogP contribution in [-0.4, -0.2) is 14.2 Å². The summed E-state index contributed by atoms with van der Waals surface area (Å²) in [6, 6.07) is 24.0. The van der Waals surface area contributed by atoms with Crippen LogP contribution in [0.15, 0.2) is 83.0 Å². The van der Waals surface area contributed by atoms with E-state index in [0.717, 1.165) is 40.4 Å². The lowest BCUT2D eigenvalue weighted by Crippen LogP contribution is -1.87. The molecule has 3 aromatic rings. The Hall–Kier alpha value is -3.40. The van der Waals surface area contributed by atoms with Crippen molar-refractivity contribution in [1.82, 2.24) is 0 Å². The third-order valence-electron chi connectivity index (χ3n) is 4.70. The van der Waals surface area contributed by atoms with Crippen molar-refractivity contribution in [2.45, 2.75) is 6.42 Å². The van der Waals surface area contributed by atoms with Crippen LogP contribution in [0.3, 0.4) is 0 Å². The maximum Gasteiger partial charge on any atom is 0.119 e. The highest BCUT2D eigenvalue weighted by atomic mass is 16.5. The van der Waals surface area contributed by atoms with Crippen LogP contribution in [0.2, 0.25) is 0 Å². The van der Waals surface area contributed by atoms with Gasteiger partial charge in [0.25, 0.3) is 0 Å². The number of rotatable bonds is 5. The Balaban J connectivity index is 1.73. The summed E-state index contributed by atoms with van der Waals surface area (Å²) >= 11 is 0. The number of fused-ring (bicyclic) bond motifs is 1. The lowest BCUT2D eigenvalue weighted by atomic mass is 10.0. The Morgan fingerprint density at radius 3 is 2.00 bits per heavy atom. The molecule has 0 saturated heterocycles. The van der Waals surface area contributed by atoms with Gasteiger partial charge in [-0.15, -0.1) is 5.11 Å². The molecule has 0 aliphatic heterocycles. The molecule has 1 aliphatic rings. The minimum atomic E-state index is 0.793. The van der Waals surface area contributed by atoms with Gasteiger partial charge >= 0.3 is 0 Å². The summed E-state index contributed by atoms with van der Waals surface area (Å²) in [6.07, 6.45) is 0.847. The summed E-state index contributed by atoms with van der Waals surface area (Å²) in [4.78, 5) is 0. The average molecular weight is 356 g/mol. The highest BCUT2D eigenvalue weighted by Gasteiger charge is 2.22. The number of ether oxygens (including phenoxy) is 2. The molecule has 0 N–H and O–H groups in total. The lowest BCUT2D eigenvalue weighted by molar-refractivity contribution is 0.414. The van der Waals surface area contributed by atoms with Crippen LogP contribution in [0.25, 0.3) is 11.3 Å². The highest BCUT2D eigenvalue weighted by molar-refractivity contribution is 5.96. The van der Waals surface area contributed by atoms with Gasteiger partial charge in [0.2, 0.25) is 0 Å². The molecule has 0 bridgehead atoms. The zero-order valence-electron chi connectivity index (χ0n) is 15.3. The van der Waals surface area contributed by atoms with Crippen molar-refractivity contribution in [2.24, 2.45) is 10.2 Å². The molecule has 0 saturated carbocycles. The minimum Gasteiger partial charge on any atom is -0.497 e. The smallest absolute Gasteiger partial charge is 0.119 e. The van der Waals surface area contributed by atoms with Gasteiger partial charge in [0.15, 0.2) is 0 Å². The zero-order valence-corrected chi connectivity index (χ0v) is 15.3. The fourth-order valence-electron chi connectivity index (χ4n) is 3.24. The number of allylic oxidation sites excluding steroid dienone is 1. The molecule has 1 aliphatic carbocycles. The van der Waals surface area contributed by atoms with E-state index in [9.17, 15) is 0 Å². The fraction of sp³-hybridized carbons (Fsp3) is 0.130. The van der Waals surface area contributed by atoms with E-state index in [1.165, 1.54) is 11.1 Å². The summed E-state index contributed by atoms with van der Waals surface area (Å²) in [5, 5.41) is 9.08. The number of hydrogen-bond donors (Lipinski definition) is 0. The minimum absolute atomic E-state index is 0.793. The van der Waals surface area contributed by atoms with Gasteiger partial charge in [-0.3, -0.25) is 0 Å². The van der Waals surface area contributed by atoms with E-state index < -0.39 is 0 Å². The Kier molecular flexibility index (Phi) is 4.71. The largest absolute Gasteiger partial charge is 0.497 e. The van der Waals surface area contributed by atoms with E-state index in [4.69, 9.17) is 9.47 Å². The van der Waals surface area contributed by atoms with Crippen molar-refractivity contribution in [3.05, 3.63) is 89.5 Å². The molecule has 4 heteroatoms. The molecular formula is C23H20N2O2. The molecule has 0 amide bonds. The van der Waals surface area contributed by atoms with Crippen LogP contribution in [0, 0.1) is 0 Å². The van der Waals surface area contributed by atoms with Gasteiger partial charge in [0, 0.05) is 12.0 Å². The molecule has 0 unspecified atom stereocenters. The van der Waals surface area contributed by atoms with Gasteiger partial charge in [0.05, 0.1) is 25.6 Å². The van der Waals surface area contributed by atoms with Crippen molar-refractivity contribution >= 4 is 17.0 Å². The maximum absolute atomic E-state index is 5.28. The molecule has 3 aromatic carbocycles. The predicted octanol–water partition coefficient (Wildman–Crippen LogP) is 5.91. The molecule has 0 spiro atoms. The summed E-state index contributed by atoms with van der Waals surface area (Å²) in [5.41, 5.74) is 6.44. The number of azo groups is 1. The van der Waals surface area contributed by atoms with Gasteiger partial charge in [-0.2, -0.15) is 5.11 Å². The number of hydrogen-bond acceptors (Lipinski definition) is 4. The molecule has 27 heavy (non-hydrogen) atoms. The van der Waals surface area contributed by atoms with Gasteiger partial charge in [-0.25, -0.2) is 0 Å². The number of benzene rings is 3. The van der Waals surface area contributed by atoms with E-state index in [1.54, 1.807) is 14.2 Å². The molecule has 4 rings (SSSR count). The van der Waals surface area contributed by atoms with Crippen molar-refractivity contribution in [3.63, 3.8) is 0 Å². The van der Waals surface area contributed by atoms with E-state index in [2.05, 4.69) is 40.6 Å². The second-order valence-corrected chi connectivity index (χ2v) is 6.29. The zero-order chi connectivity index (χ0) is 18.6. The summed E-state index contributed by atoms with van der Waals surface area (Å²) < 4.78 is 10.5. The third-order valence-corrected chi connectivity index (χ3v) is 4.70. The van der Waals surface area contributed by atoms with Crippen LogP contribution < -0.4 is 9.47 Å². The molecule has 0 aromatic heterocycles. The molecule has 0 fully saturated rings. The predicted molar refractivity (Wildman–Crippen MR) is 107 cm³/mol. The number of methoxy groups -OCH3 is 2. The second kappa shape index (κ2) is 7.46. The number of nitrogens with zero attached hydrogens (tertiary/aromatic N) is 2.